The standard InChI is InChI=1S/C16H13N3O2S/c1-18(2)14-8-7-10(21-14)9-13-15(20)19-12-6-4-3-5-11(12)17-16(19)22-13/h3-9H,1-2H3/b13-9-. The normalized spacial score (nSPS) is 12.5. The summed E-state index contributed by atoms with van der Waals surface area (Å²) < 4.78 is 7.95. The molecule has 0 aliphatic rings. The number of rotatable bonds is 2. The molecule has 3 aromatic heterocycles. The number of anilines is 1. The molecule has 6 heteroatoms. The molecule has 0 N–H and O–H groups in total. The maximum atomic E-state index is 12.6. The van der Waals surface area contributed by atoms with Crippen LogP contribution in [0.5, 0.6) is 0 Å². The molecule has 0 amide bonds. The van der Waals surface area contributed by atoms with Crippen LogP contribution in [0.1, 0.15) is 5.76 Å². The van der Waals surface area contributed by atoms with E-state index in [9.17, 15) is 4.79 Å². The summed E-state index contributed by atoms with van der Waals surface area (Å²) >= 11 is 1.37. The summed E-state index contributed by atoms with van der Waals surface area (Å²) in [6, 6.07) is 11.4. The molecule has 0 spiro atoms. The number of nitrogens with zero attached hydrogens (tertiary/aromatic N) is 3. The average molecular weight is 311 g/mol. The van der Waals surface area contributed by atoms with Crippen molar-refractivity contribution < 1.29 is 4.42 Å². The molecule has 3 heterocycles. The van der Waals surface area contributed by atoms with Gasteiger partial charge in [0.25, 0.3) is 5.56 Å². The average Bonchev–Trinajstić information content (AvgIpc) is 3.16. The predicted octanol–water partition coefficient (Wildman–Crippen LogP) is 2.12. The van der Waals surface area contributed by atoms with Crippen LogP contribution in [0.2, 0.25) is 0 Å². The van der Waals surface area contributed by atoms with Gasteiger partial charge in [-0.1, -0.05) is 23.5 Å². The molecule has 22 heavy (non-hydrogen) atoms. The Hall–Kier alpha value is -2.60. The molecule has 0 aliphatic carbocycles. The van der Waals surface area contributed by atoms with Gasteiger partial charge in [-0.25, -0.2) is 9.38 Å². The van der Waals surface area contributed by atoms with Crippen LogP contribution in [0.25, 0.3) is 22.1 Å². The van der Waals surface area contributed by atoms with Crippen LogP contribution in [-0.2, 0) is 0 Å². The molecule has 0 saturated heterocycles. The van der Waals surface area contributed by atoms with Crippen molar-refractivity contribution in [3.63, 3.8) is 0 Å². The fourth-order valence-electron chi connectivity index (χ4n) is 2.40. The second kappa shape index (κ2) is 4.71. The van der Waals surface area contributed by atoms with Crippen molar-refractivity contribution in [2.75, 3.05) is 19.0 Å². The Morgan fingerprint density at radius 1 is 1.23 bits per heavy atom. The lowest BCUT2D eigenvalue weighted by Crippen LogP contribution is -2.22. The number of hydrogen-bond donors (Lipinski definition) is 0. The van der Waals surface area contributed by atoms with Crippen LogP contribution in [0, 0.1) is 0 Å². The van der Waals surface area contributed by atoms with Crippen molar-refractivity contribution in [2.45, 2.75) is 0 Å². The third-order valence-corrected chi connectivity index (χ3v) is 4.44. The van der Waals surface area contributed by atoms with Crippen molar-refractivity contribution >= 4 is 39.3 Å². The minimum atomic E-state index is -0.0588. The predicted molar refractivity (Wildman–Crippen MR) is 88.7 cm³/mol. The SMILES string of the molecule is CN(C)c1ccc(/C=c2\sc3nc4ccccc4n3c2=O)o1. The van der Waals surface area contributed by atoms with Gasteiger partial charge in [0.15, 0.2) is 10.8 Å². The van der Waals surface area contributed by atoms with Crippen molar-refractivity contribution in [1.82, 2.24) is 9.38 Å². The number of fused-ring (bicyclic) bond motifs is 3. The van der Waals surface area contributed by atoms with E-state index in [1.54, 1.807) is 10.5 Å². The Morgan fingerprint density at radius 3 is 2.82 bits per heavy atom. The molecule has 0 fully saturated rings. The highest BCUT2D eigenvalue weighted by molar-refractivity contribution is 7.15. The minimum Gasteiger partial charge on any atom is -0.441 e. The maximum Gasteiger partial charge on any atom is 0.275 e. The number of aromatic nitrogens is 2. The van der Waals surface area contributed by atoms with Gasteiger partial charge in [0, 0.05) is 26.2 Å². The second-order valence-electron chi connectivity index (χ2n) is 5.20. The highest BCUT2D eigenvalue weighted by Gasteiger charge is 2.11. The van der Waals surface area contributed by atoms with E-state index < -0.39 is 0 Å². The molecule has 0 aliphatic heterocycles. The molecule has 4 aromatic rings. The van der Waals surface area contributed by atoms with Crippen LogP contribution >= 0.6 is 11.3 Å². The van der Waals surface area contributed by atoms with Gasteiger partial charge < -0.3 is 9.32 Å². The van der Waals surface area contributed by atoms with E-state index in [2.05, 4.69) is 4.98 Å². The molecule has 5 nitrogen and oxygen atoms in total. The van der Waals surface area contributed by atoms with Gasteiger partial charge >= 0.3 is 0 Å². The number of thiazole rings is 1. The van der Waals surface area contributed by atoms with E-state index in [1.165, 1.54) is 11.3 Å². The quantitative estimate of drug-likeness (QED) is 0.569. The van der Waals surface area contributed by atoms with Gasteiger partial charge in [-0.15, -0.1) is 0 Å². The van der Waals surface area contributed by atoms with Crippen molar-refractivity contribution in [3.8, 4) is 0 Å². The van der Waals surface area contributed by atoms with E-state index in [1.807, 2.05) is 55.4 Å². The number of para-hydroxylation sites is 2. The number of hydrogen-bond acceptors (Lipinski definition) is 5. The van der Waals surface area contributed by atoms with Crippen molar-refractivity contribution in [2.24, 2.45) is 0 Å². The van der Waals surface area contributed by atoms with E-state index in [0.29, 0.717) is 15.3 Å². The summed E-state index contributed by atoms with van der Waals surface area (Å²) in [5, 5.41) is 0. The molecular weight excluding hydrogens is 298 g/mol. The van der Waals surface area contributed by atoms with Gasteiger partial charge in [-0.3, -0.25) is 4.79 Å². The second-order valence-corrected chi connectivity index (χ2v) is 6.21. The van der Waals surface area contributed by atoms with Crippen LogP contribution in [0.3, 0.4) is 0 Å². The van der Waals surface area contributed by atoms with E-state index in [4.69, 9.17) is 4.42 Å². The Bertz CT molecular complexity index is 1090. The fourth-order valence-corrected chi connectivity index (χ4v) is 3.37. The van der Waals surface area contributed by atoms with Gasteiger partial charge in [0.05, 0.1) is 11.0 Å². The summed E-state index contributed by atoms with van der Waals surface area (Å²) in [5.74, 6) is 1.42. The van der Waals surface area contributed by atoms with Crippen LogP contribution in [0.4, 0.5) is 5.88 Å². The largest absolute Gasteiger partial charge is 0.441 e. The summed E-state index contributed by atoms with van der Waals surface area (Å²) in [6.07, 6.45) is 1.77. The lowest BCUT2D eigenvalue weighted by atomic mass is 10.3. The first-order valence-corrected chi connectivity index (χ1v) is 7.64. The van der Waals surface area contributed by atoms with Gasteiger partial charge in [0.1, 0.15) is 10.3 Å². The Balaban J connectivity index is 1.93. The monoisotopic (exact) mass is 311 g/mol. The fraction of sp³-hybridized carbons (Fsp3) is 0.125. The zero-order valence-corrected chi connectivity index (χ0v) is 12.9. The van der Waals surface area contributed by atoms with Crippen molar-refractivity contribution in [3.05, 3.63) is 57.0 Å². The molecule has 0 radical (unpaired) electrons. The lowest BCUT2D eigenvalue weighted by Gasteiger charge is -2.05. The molecule has 4 rings (SSSR count). The molecule has 0 atom stereocenters. The van der Waals surface area contributed by atoms with Gasteiger partial charge in [0.2, 0.25) is 0 Å². The molecule has 0 saturated carbocycles. The number of furan rings is 1. The zero-order valence-electron chi connectivity index (χ0n) is 12.1. The summed E-state index contributed by atoms with van der Waals surface area (Å²) in [4.78, 5) is 19.7. The number of benzene rings is 1. The minimum absolute atomic E-state index is 0.0588. The van der Waals surface area contributed by atoms with E-state index in [-0.39, 0.29) is 5.56 Å². The van der Waals surface area contributed by atoms with E-state index >= 15 is 0 Å². The smallest absolute Gasteiger partial charge is 0.275 e. The molecule has 0 unspecified atom stereocenters. The first-order valence-electron chi connectivity index (χ1n) is 6.82. The molecule has 0 bridgehead atoms. The summed E-state index contributed by atoms with van der Waals surface area (Å²) in [6.45, 7) is 0. The molecule has 110 valence electrons. The van der Waals surface area contributed by atoms with Crippen LogP contribution in [-0.4, -0.2) is 23.5 Å². The topological polar surface area (TPSA) is 50.8 Å². The highest BCUT2D eigenvalue weighted by atomic mass is 32.1. The zero-order chi connectivity index (χ0) is 15.3. The van der Waals surface area contributed by atoms with Gasteiger partial charge in [-0.2, -0.15) is 0 Å². The lowest BCUT2D eigenvalue weighted by molar-refractivity contribution is 0.555. The molecule has 1 aromatic carbocycles. The number of imidazole rings is 1. The van der Waals surface area contributed by atoms with Gasteiger partial charge in [-0.05, 0) is 18.2 Å². The summed E-state index contributed by atoms with van der Waals surface area (Å²) in [7, 11) is 3.82. The Labute approximate surface area is 129 Å². The maximum absolute atomic E-state index is 12.6. The molecular formula is C16H13N3O2S. The van der Waals surface area contributed by atoms with Crippen LogP contribution in [0.15, 0.2) is 45.6 Å². The Kier molecular flexibility index (Phi) is 2.80. The highest BCUT2D eigenvalue weighted by Crippen LogP contribution is 2.18. The Morgan fingerprint density at radius 2 is 2.05 bits per heavy atom. The summed E-state index contributed by atoms with van der Waals surface area (Å²) in [5.41, 5.74) is 1.62. The first-order chi connectivity index (χ1) is 10.6. The first kappa shape index (κ1) is 13.1. The van der Waals surface area contributed by atoms with E-state index in [0.717, 1.165) is 16.9 Å². The third-order valence-electron chi connectivity index (χ3n) is 3.47. The van der Waals surface area contributed by atoms with Crippen molar-refractivity contribution in [1.29, 1.82) is 0 Å². The van der Waals surface area contributed by atoms with Crippen LogP contribution < -0.4 is 15.0 Å². The third kappa shape index (κ3) is 1.92.